The zero-order valence-electron chi connectivity index (χ0n) is 22.1. The summed E-state index contributed by atoms with van der Waals surface area (Å²) in [5, 5.41) is 3.18. The van der Waals surface area contributed by atoms with E-state index in [0.29, 0.717) is 22.1 Å². The van der Waals surface area contributed by atoms with E-state index in [0.717, 1.165) is 11.3 Å². The fourth-order valence-corrected chi connectivity index (χ4v) is 6.74. The Morgan fingerprint density at radius 1 is 0.929 bits per heavy atom. The van der Waals surface area contributed by atoms with E-state index in [2.05, 4.69) is 9.82 Å². The molecular formula is C28H23F5NO6PS. The highest BCUT2D eigenvalue weighted by Crippen LogP contribution is 2.47. The lowest BCUT2D eigenvalue weighted by molar-refractivity contribution is -0.145. The van der Waals surface area contributed by atoms with Crippen LogP contribution in [0.5, 0.6) is 11.5 Å². The molecule has 222 valence electrons. The molecule has 3 aromatic carbocycles. The summed E-state index contributed by atoms with van der Waals surface area (Å²) in [4.78, 5) is 24.7. The van der Waals surface area contributed by atoms with Gasteiger partial charge in [0, 0.05) is 4.70 Å². The molecule has 0 aliphatic heterocycles. The van der Waals surface area contributed by atoms with Gasteiger partial charge in [-0.1, -0.05) is 31.2 Å². The fraction of sp³-hybridized carbons (Fsp3) is 0.214. The van der Waals surface area contributed by atoms with Crippen molar-refractivity contribution in [1.29, 1.82) is 0 Å². The first-order valence-electron chi connectivity index (χ1n) is 12.5. The van der Waals surface area contributed by atoms with Gasteiger partial charge in [0.25, 0.3) is 0 Å². The van der Waals surface area contributed by atoms with Gasteiger partial charge in [0.05, 0.1) is 12.8 Å². The van der Waals surface area contributed by atoms with Crippen LogP contribution in [0.15, 0.2) is 54.6 Å². The normalized spacial score (nSPS) is 13.4. The van der Waals surface area contributed by atoms with Crippen molar-refractivity contribution < 1.29 is 50.1 Å². The van der Waals surface area contributed by atoms with E-state index >= 15 is 0 Å². The predicted molar refractivity (Wildman–Crippen MR) is 145 cm³/mol. The van der Waals surface area contributed by atoms with Gasteiger partial charge < -0.3 is 14.0 Å². The molecular weight excluding hydrogens is 604 g/mol. The number of hydrogen-bond acceptors (Lipinski definition) is 7. The third-order valence-electron chi connectivity index (χ3n) is 5.73. The molecule has 7 nitrogen and oxygen atoms in total. The van der Waals surface area contributed by atoms with Gasteiger partial charge in [-0.2, -0.15) is 8.78 Å². The number of halogens is 5. The van der Waals surface area contributed by atoms with Crippen molar-refractivity contribution in [2.24, 2.45) is 0 Å². The summed E-state index contributed by atoms with van der Waals surface area (Å²) in [6.07, 6.45) is 0.414. The van der Waals surface area contributed by atoms with Crippen LogP contribution in [-0.2, 0) is 20.3 Å². The number of thiophene rings is 1. The van der Waals surface area contributed by atoms with Crippen molar-refractivity contribution in [2.75, 3.05) is 6.61 Å². The van der Waals surface area contributed by atoms with Crippen molar-refractivity contribution in [2.45, 2.75) is 32.5 Å². The van der Waals surface area contributed by atoms with E-state index in [1.54, 1.807) is 48.5 Å². The average Bonchev–Trinajstić information content (AvgIpc) is 3.40. The maximum absolute atomic E-state index is 14.0. The molecule has 1 N–H and O–H groups in total. The minimum absolute atomic E-state index is 0.191. The Hall–Kier alpha value is -3.80. The Morgan fingerprint density at radius 2 is 1.57 bits per heavy atom. The van der Waals surface area contributed by atoms with Crippen LogP contribution in [0.1, 0.15) is 35.5 Å². The number of para-hydroxylation sites is 1. The molecule has 14 heteroatoms. The first kappa shape index (κ1) is 31.1. The van der Waals surface area contributed by atoms with Gasteiger partial charge in [-0.15, -0.1) is 11.3 Å². The van der Waals surface area contributed by atoms with Crippen molar-refractivity contribution in [3.63, 3.8) is 0 Å². The van der Waals surface area contributed by atoms with Gasteiger partial charge in [0.1, 0.15) is 16.7 Å². The quantitative estimate of drug-likeness (QED) is 0.0460. The van der Waals surface area contributed by atoms with Gasteiger partial charge in [-0.25, -0.2) is 23.1 Å². The first-order valence-corrected chi connectivity index (χ1v) is 15.1. The first-order chi connectivity index (χ1) is 19.9. The topological polar surface area (TPSA) is 90.9 Å². The number of esters is 2. The second-order valence-electron chi connectivity index (χ2n) is 9.03. The monoisotopic (exact) mass is 627 g/mol. The molecule has 0 saturated heterocycles. The molecule has 0 aliphatic rings. The Labute approximate surface area is 240 Å². The highest BCUT2D eigenvalue weighted by Gasteiger charge is 2.32. The summed E-state index contributed by atoms with van der Waals surface area (Å²) in [5.74, 6) is -14.8. The van der Waals surface area contributed by atoms with Gasteiger partial charge >= 0.3 is 19.5 Å². The van der Waals surface area contributed by atoms with Crippen LogP contribution in [0, 0.1) is 29.1 Å². The third kappa shape index (κ3) is 6.97. The number of nitrogens with one attached hydrogen (secondary N) is 1. The van der Waals surface area contributed by atoms with E-state index in [1.165, 1.54) is 13.0 Å². The molecule has 42 heavy (non-hydrogen) atoms. The summed E-state index contributed by atoms with van der Waals surface area (Å²) in [5.41, 5.74) is 0.473. The maximum atomic E-state index is 14.0. The highest BCUT2D eigenvalue weighted by atomic mass is 32.1. The summed E-state index contributed by atoms with van der Waals surface area (Å²) in [7, 11) is -3.79. The molecule has 0 radical (unpaired) electrons. The summed E-state index contributed by atoms with van der Waals surface area (Å²) >= 11 is 0.841. The molecule has 0 amide bonds. The molecule has 0 bridgehead atoms. The smallest absolute Gasteiger partial charge is 0.353 e. The van der Waals surface area contributed by atoms with Crippen LogP contribution < -0.4 is 14.3 Å². The largest absolute Gasteiger partial charge is 0.465 e. The van der Waals surface area contributed by atoms with Crippen molar-refractivity contribution in [3.05, 3.63) is 94.1 Å². The average molecular weight is 628 g/mol. The minimum atomic E-state index is -3.79. The van der Waals surface area contributed by atoms with Gasteiger partial charge in [0.2, 0.25) is 34.8 Å². The summed E-state index contributed by atoms with van der Waals surface area (Å²) in [6.45, 7) is 3.52. The van der Waals surface area contributed by atoms with Crippen LogP contribution in [0.2, 0.25) is 0 Å². The maximum Gasteiger partial charge on any atom is 0.353 e. The van der Waals surface area contributed by atoms with Crippen molar-refractivity contribution >= 4 is 40.9 Å². The van der Waals surface area contributed by atoms with Gasteiger partial charge in [0.15, 0.2) is 0 Å². The number of ether oxygens (including phenoxy) is 2. The lowest BCUT2D eigenvalue weighted by atomic mass is 10.2. The second-order valence-corrected chi connectivity index (χ2v) is 12.2. The zero-order chi connectivity index (χ0) is 30.6. The lowest BCUT2D eigenvalue weighted by Crippen LogP contribution is -2.35. The Balaban J connectivity index is 1.59. The van der Waals surface area contributed by atoms with Crippen molar-refractivity contribution in [3.8, 4) is 11.5 Å². The third-order valence-corrected chi connectivity index (χ3v) is 8.89. The molecule has 2 atom stereocenters. The number of hydrogen-bond donors (Lipinski definition) is 1. The predicted octanol–water partition coefficient (Wildman–Crippen LogP) is 7.52. The standard InChI is InChI=1S/C28H23F5NO6PS/c1-3-11-38-27(35)15(2)34-41(37,40-18-7-5-4-6-8-18)14-16-9-10-19-17(12-16)13-20(42-19)28(36)39-26-24(32)22(30)21(29)23(31)25(26)33/h4-10,12-13,15H,3,11,14H2,1-2H3,(H,34,37). The summed E-state index contributed by atoms with van der Waals surface area (Å²) < 4.78 is 98.2. The summed E-state index contributed by atoms with van der Waals surface area (Å²) in [6, 6.07) is 13.4. The number of rotatable bonds is 11. The minimum Gasteiger partial charge on any atom is -0.465 e. The molecule has 2 unspecified atom stereocenters. The van der Waals surface area contributed by atoms with E-state index in [4.69, 9.17) is 9.26 Å². The van der Waals surface area contributed by atoms with Gasteiger partial charge in [-0.3, -0.25) is 9.36 Å². The molecule has 1 aromatic heterocycles. The number of carbonyl (C=O) groups is 2. The number of benzene rings is 3. The Morgan fingerprint density at radius 3 is 2.21 bits per heavy atom. The Kier molecular flexibility index (Phi) is 9.65. The van der Waals surface area contributed by atoms with E-state index in [9.17, 15) is 36.1 Å². The van der Waals surface area contributed by atoms with Crippen LogP contribution in [0.3, 0.4) is 0 Å². The SMILES string of the molecule is CCCOC(=O)C(C)NP(=O)(Cc1ccc2sc(C(=O)Oc3c(F)c(F)c(F)c(F)c3F)cc2c1)Oc1ccccc1. The van der Waals surface area contributed by atoms with Crippen LogP contribution in [-0.4, -0.2) is 24.6 Å². The van der Waals surface area contributed by atoms with E-state index < -0.39 is 60.3 Å². The molecule has 4 rings (SSSR count). The molecule has 0 aliphatic carbocycles. The molecule has 1 heterocycles. The number of fused-ring (bicyclic) bond motifs is 1. The molecule has 4 aromatic rings. The highest BCUT2D eigenvalue weighted by molar-refractivity contribution is 7.56. The Bertz CT molecular complexity index is 1650. The van der Waals surface area contributed by atoms with Gasteiger partial charge in [-0.05, 0) is 54.6 Å². The fourth-order valence-electron chi connectivity index (χ4n) is 3.78. The van der Waals surface area contributed by atoms with Crippen LogP contribution in [0.4, 0.5) is 22.0 Å². The molecule has 0 spiro atoms. The lowest BCUT2D eigenvalue weighted by Gasteiger charge is -2.24. The van der Waals surface area contributed by atoms with Crippen LogP contribution in [0.25, 0.3) is 10.1 Å². The second kappa shape index (κ2) is 13.0. The van der Waals surface area contributed by atoms with Crippen LogP contribution >= 0.6 is 18.9 Å². The van der Waals surface area contributed by atoms with E-state index in [1.807, 2.05) is 6.92 Å². The molecule has 0 saturated carbocycles. The van der Waals surface area contributed by atoms with Crippen molar-refractivity contribution in [1.82, 2.24) is 5.09 Å². The number of carbonyl (C=O) groups excluding carboxylic acids is 2. The molecule has 0 fully saturated rings. The zero-order valence-corrected chi connectivity index (χ0v) is 23.8. The van der Waals surface area contributed by atoms with E-state index in [-0.39, 0.29) is 23.4 Å².